The van der Waals surface area contributed by atoms with E-state index < -0.39 is 6.04 Å². The summed E-state index contributed by atoms with van der Waals surface area (Å²) in [6, 6.07) is 6.37. The number of amides is 1. The van der Waals surface area contributed by atoms with Gasteiger partial charge in [-0.3, -0.25) is 24.0 Å². The fraction of sp³-hybridized carbons (Fsp3) is 0.333. The van der Waals surface area contributed by atoms with Crippen molar-refractivity contribution in [2.45, 2.75) is 52.2 Å². The molecule has 2 aliphatic rings. The number of ketones is 2. The molecule has 0 bridgehead atoms. The molecule has 1 saturated carbocycles. The molecule has 10 nitrogen and oxygen atoms in total. The zero-order chi connectivity index (χ0) is 26.8. The quantitative estimate of drug-likeness (QED) is 0.252. The van der Waals surface area contributed by atoms with Crippen LogP contribution >= 0.6 is 15.9 Å². The Hall–Kier alpha value is -3.86. The molecule has 1 saturated heterocycles. The molecule has 0 N–H and O–H groups in total. The highest BCUT2D eigenvalue weighted by Gasteiger charge is 2.64. The van der Waals surface area contributed by atoms with Gasteiger partial charge in [0.25, 0.3) is 0 Å². The molecule has 5 heterocycles. The van der Waals surface area contributed by atoms with Gasteiger partial charge in [0.05, 0.1) is 23.4 Å². The molecular weight excluding hydrogens is 550 g/mol. The van der Waals surface area contributed by atoms with E-state index in [1.54, 1.807) is 54.7 Å². The molecule has 1 aliphatic carbocycles. The molecule has 4 aromatic heterocycles. The number of hydrogen-bond acceptors (Lipinski definition) is 8. The van der Waals surface area contributed by atoms with Crippen LogP contribution in [0.1, 0.15) is 53.5 Å². The van der Waals surface area contributed by atoms with E-state index in [1.807, 2.05) is 0 Å². The Kier molecular flexibility index (Phi) is 5.71. The molecule has 0 aromatic carbocycles. The van der Waals surface area contributed by atoms with Crippen molar-refractivity contribution < 1.29 is 14.4 Å². The molecular formula is C27H24BrN7O3. The Morgan fingerprint density at radius 1 is 1.11 bits per heavy atom. The monoisotopic (exact) mass is 573 g/mol. The van der Waals surface area contributed by atoms with Crippen LogP contribution in [0.2, 0.25) is 0 Å². The second-order valence-electron chi connectivity index (χ2n) is 10.3. The first-order chi connectivity index (χ1) is 18.1. The van der Waals surface area contributed by atoms with Crippen LogP contribution in [0, 0.1) is 12.3 Å². The van der Waals surface area contributed by atoms with Gasteiger partial charge >= 0.3 is 0 Å². The minimum Gasteiger partial charge on any atom is -0.327 e. The van der Waals surface area contributed by atoms with Gasteiger partial charge in [0.2, 0.25) is 11.7 Å². The van der Waals surface area contributed by atoms with Crippen LogP contribution in [0.15, 0.2) is 47.5 Å². The Morgan fingerprint density at radius 3 is 2.58 bits per heavy atom. The minimum absolute atomic E-state index is 0.00327. The third kappa shape index (κ3) is 4.10. The first-order valence-corrected chi connectivity index (χ1v) is 13.1. The normalized spacial score (nSPS) is 21.9. The van der Waals surface area contributed by atoms with Gasteiger partial charge in [-0.25, -0.2) is 15.0 Å². The molecule has 1 amide bonds. The van der Waals surface area contributed by atoms with Crippen LogP contribution in [0.3, 0.4) is 0 Å². The van der Waals surface area contributed by atoms with Gasteiger partial charge in [-0.15, -0.1) is 0 Å². The van der Waals surface area contributed by atoms with Gasteiger partial charge in [0.1, 0.15) is 28.4 Å². The third-order valence-corrected chi connectivity index (χ3v) is 7.97. The minimum atomic E-state index is -0.589. The maximum Gasteiger partial charge on any atom is 0.245 e. The first-order valence-electron chi connectivity index (χ1n) is 12.3. The van der Waals surface area contributed by atoms with Crippen molar-refractivity contribution in [3.63, 3.8) is 0 Å². The summed E-state index contributed by atoms with van der Waals surface area (Å²) >= 11 is 3.32. The van der Waals surface area contributed by atoms with Crippen molar-refractivity contribution in [3.8, 4) is 11.3 Å². The lowest BCUT2D eigenvalue weighted by Gasteiger charge is -2.26. The fourth-order valence-corrected chi connectivity index (χ4v) is 5.77. The van der Waals surface area contributed by atoms with Crippen molar-refractivity contribution in [1.29, 1.82) is 0 Å². The van der Waals surface area contributed by atoms with Crippen molar-refractivity contribution >= 4 is 44.3 Å². The van der Waals surface area contributed by atoms with Crippen LogP contribution in [0.5, 0.6) is 0 Å². The number of likely N-dealkylation sites (tertiary alicyclic amines) is 1. The van der Waals surface area contributed by atoms with Crippen molar-refractivity contribution in [2.24, 2.45) is 5.41 Å². The van der Waals surface area contributed by atoms with E-state index in [1.165, 1.54) is 11.6 Å². The zero-order valence-corrected chi connectivity index (χ0v) is 22.6. The van der Waals surface area contributed by atoms with Crippen LogP contribution in [-0.4, -0.2) is 64.2 Å². The molecule has 11 heteroatoms. The largest absolute Gasteiger partial charge is 0.327 e. The fourth-order valence-electron chi connectivity index (χ4n) is 5.42. The van der Waals surface area contributed by atoms with E-state index in [2.05, 4.69) is 47.9 Å². The number of halogens is 1. The van der Waals surface area contributed by atoms with Gasteiger partial charge in [0, 0.05) is 36.3 Å². The first kappa shape index (κ1) is 24.5. The zero-order valence-electron chi connectivity index (χ0n) is 21.1. The van der Waals surface area contributed by atoms with Crippen LogP contribution in [-0.2, 0) is 11.3 Å². The number of aryl methyl sites for hydroxylation is 1. The van der Waals surface area contributed by atoms with Crippen LogP contribution in [0.4, 0.5) is 0 Å². The summed E-state index contributed by atoms with van der Waals surface area (Å²) in [6.45, 7) is 5.24. The average Bonchev–Trinajstić information content (AvgIpc) is 3.26. The van der Waals surface area contributed by atoms with E-state index in [4.69, 9.17) is 0 Å². The molecule has 1 aliphatic heterocycles. The number of fused-ring (bicyclic) bond motifs is 2. The van der Waals surface area contributed by atoms with Crippen molar-refractivity contribution in [1.82, 2.24) is 34.6 Å². The highest BCUT2D eigenvalue weighted by atomic mass is 79.9. The van der Waals surface area contributed by atoms with E-state index in [0.29, 0.717) is 44.7 Å². The summed E-state index contributed by atoms with van der Waals surface area (Å²) in [4.78, 5) is 58.6. The molecule has 2 fully saturated rings. The van der Waals surface area contributed by atoms with Crippen LogP contribution < -0.4 is 0 Å². The molecule has 6 rings (SSSR count). The van der Waals surface area contributed by atoms with E-state index >= 15 is 0 Å². The van der Waals surface area contributed by atoms with Gasteiger partial charge in [-0.1, -0.05) is 13.0 Å². The number of hydrogen-bond donors (Lipinski definition) is 0. The number of aromatic nitrogens is 6. The summed E-state index contributed by atoms with van der Waals surface area (Å²) in [6.07, 6.45) is 6.41. The molecule has 1 unspecified atom stereocenters. The number of piperidine rings is 1. The van der Waals surface area contributed by atoms with E-state index in [9.17, 15) is 14.4 Å². The Morgan fingerprint density at radius 2 is 1.87 bits per heavy atom. The maximum atomic E-state index is 13.7. The summed E-state index contributed by atoms with van der Waals surface area (Å²) in [5.41, 5.74) is 2.38. The van der Waals surface area contributed by atoms with Gasteiger partial charge in [-0.05, 0) is 59.3 Å². The Bertz CT molecular complexity index is 1630. The summed E-state index contributed by atoms with van der Waals surface area (Å²) in [5, 5.41) is 5.09. The lowest BCUT2D eigenvalue weighted by molar-refractivity contribution is -0.133. The number of carbonyl (C=O) groups excluding carboxylic acids is 3. The van der Waals surface area contributed by atoms with Gasteiger partial charge in [-0.2, -0.15) is 5.10 Å². The number of rotatable bonds is 6. The number of carbonyl (C=O) groups is 3. The van der Waals surface area contributed by atoms with E-state index in [-0.39, 0.29) is 41.2 Å². The number of nitrogens with zero attached hydrogens (tertiary/aromatic N) is 7. The second-order valence-corrected chi connectivity index (χ2v) is 11.1. The number of pyridine rings is 2. The average molecular weight is 574 g/mol. The predicted octanol–water partition coefficient (Wildman–Crippen LogP) is 3.82. The summed E-state index contributed by atoms with van der Waals surface area (Å²) in [5.74, 6) is 0.0319. The highest BCUT2D eigenvalue weighted by Crippen LogP contribution is 2.59. The maximum absolute atomic E-state index is 13.7. The Balaban J connectivity index is 1.33. The molecule has 38 heavy (non-hydrogen) atoms. The molecule has 3 atom stereocenters. The smallest absolute Gasteiger partial charge is 0.245 e. The van der Waals surface area contributed by atoms with Gasteiger partial charge < -0.3 is 4.90 Å². The molecule has 192 valence electrons. The number of Topliss-reactive ketones (excluding diaryl/α,β-unsaturated/α-hetero) is 2. The van der Waals surface area contributed by atoms with Crippen molar-refractivity contribution in [2.75, 3.05) is 0 Å². The predicted molar refractivity (Wildman–Crippen MR) is 141 cm³/mol. The van der Waals surface area contributed by atoms with Gasteiger partial charge in [0.15, 0.2) is 5.78 Å². The Labute approximate surface area is 226 Å². The van der Waals surface area contributed by atoms with E-state index in [0.717, 1.165) is 6.42 Å². The molecule has 0 spiro atoms. The SMILES string of the molecule is CC(=O)c1nn(CC(=O)N2C(C(=O)c3cccc(Br)n3)C[C@@]3(C)C[C@@H]23)c2cnc(-c3cnc(C)nc3)cc12. The summed E-state index contributed by atoms with van der Waals surface area (Å²) < 4.78 is 2.08. The summed E-state index contributed by atoms with van der Waals surface area (Å²) in [7, 11) is 0. The molecule has 4 aromatic rings. The van der Waals surface area contributed by atoms with Crippen LogP contribution in [0.25, 0.3) is 22.2 Å². The second kappa shape index (κ2) is 8.87. The third-order valence-electron chi connectivity index (χ3n) is 7.53. The standard InChI is InChI=1S/C27H24BrN7O3/c1-14(36)25-17-7-19(16-10-29-15(2)30-11-16)31-12-21(17)34(33-25)13-24(37)35-20(8-27(3)9-22(27)35)26(38)18-5-4-6-23(28)32-18/h4-7,10-12,20,22H,8-9,13H2,1-3H3/t20?,22-,27+/m1/s1. The lowest BCUT2D eigenvalue weighted by atomic mass is 9.97. The molecule has 0 radical (unpaired) electrons. The lowest BCUT2D eigenvalue weighted by Crippen LogP contribution is -2.45. The van der Waals surface area contributed by atoms with Crippen molar-refractivity contribution in [3.05, 3.63) is 64.7 Å². The topological polar surface area (TPSA) is 124 Å². The highest BCUT2D eigenvalue weighted by molar-refractivity contribution is 9.10.